The van der Waals surface area contributed by atoms with Gasteiger partial charge in [0.25, 0.3) is 0 Å². The topological polar surface area (TPSA) is 49.3 Å². The molecule has 0 amide bonds. The van der Waals surface area contributed by atoms with Gasteiger partial charge >= 0.3 is 5.97 Å². The monoisotopic (exact) mass is 253 g/mol. The molecule has 1 aromatic carbocycles. The van der Waals surface area contributed by atoms with Gasteiger partial charge in [0, 0.05) is 6.54 Å². The van der Waals surface area contributed by atoms with Gasteiger partial charge in [0.05, 0.1) is 5.41 Å². The molecule has 4 heteroatoms. The van der Waals surface area contributed by atoms with Crippen molar-refractivity contribution in [2.75, 3.05) is 6.54 Å². The zero-order valence-electron chi connectivity index (χ0n) is 11.1. The molecule has 0 saturated carbocycles. The molecule has 100 valence electrons. The molecule has 0 atom stereocenters. The van der Waals surface area contributed by atoms with Crippen LogP contribution in [0.1, 0.15) is 31.4 Å². The third-order valence-corrected chi connectivity index (χ3v) is 3.06. The summed E-state index contributed by atoms with van der Waals surface area (Å²) in [6.07, 6.45) is 0.558. The summed E-state index contributed by atoms with van der Waals surface area (Å²) in [4.78, 5) is 10.9. The van der Waals surface area contributed by atoms with Gasteiger partial charge in [-0.25, -0.2) is 4.39 Å². The van der Waals surface area contributed by atoms with E-state index in [2.05, 4.69) is 5.32 Å². The lowest BCUT2D eigenvalue weighted by atomic mass is 9.90. The number of aliphatic carboxylic acids is 1. The van der Waals surface area contributed by atoms with Crippen molar-refractivity contribution in [2.45, 2.75) is 33.7 Å². The van der Waals surface area contributed by atoms with Gasteiger partial charge in [-0.1, -0.05) is 12.1 Å². The number of rotatable bonds is 6. The molecular weight excluding hydrogens is 233 g/mol. The molecule has 0 spiro atoms. The van der Waals surface area contributed by atoms with E-state index >= 15 is 0 Å². The first-order valence-corrected chi connectivity index (χ1v) is 6.02. The number of hydrogen-bond acceptors (Lipinski definition) is 2. The number of carboxylic acid groups (broad SMARTS) is 1. The Balaban J connectivity index is 2.38. The van der Waals surface area contributed by atoms with E-state index in [-0.39, 0.29) is 5.82 Å². The van der Waals surface area contributed by atoms with Crippen molar-refractivity contribution in [3.63, 3.8) is 0 Å². The van der Waals surface area contributed by atoms with E-state index in [4.69, 9.17) is 5.11 Å². The first kappa shape index (κ1) is 14.6. The molecule has 0 unspecified atom stereocenters. The number of carboxylic acids is 1. The Morgan fingerprint density at radius 3 is 2.67 bits per heavy atom. The van der Waals surface area contributed by atoms with Crippen molar-refractivity contribution in [1.82, 2.24) is 5.32 Å². The number of hydrogen-bond donors (Lipinski definition) is 2. The molecular formula is C14H20FNO2. The van der Waals surface area contributed by atoms with E-state index in [1.807, 2.05) is 0 Å². The summed E-state index contributed by atoms with van der Waals surface area (Å²) in [7, 11) is 0. The second kappa shape index (κ2) is 5.96. The van der Waals surface area contributed by atoms with Gasteiger partial charge in [-0.05, 0) is 50.9 Å². The average Bonchev–Trinajstić information content (AvgIpc) is 2.29. The number of aryl methyl sites for hydroxylation is 1. The fourth-order valence-corrected chi connectivity index (χ4v) is 1.56. The highest BCUT2D eigenvalue weighted by Gasteiger charge is 2.25. The fourth-order valence-electron chi connectivity index (χ4n) is 1.56. The Bertz CT molecular complexity index is 430. The van der Waals surface area contributed by atoms with Crippen LogP contribution in [-0.2, 0) is 11.3 Å². The van der Waals surface area contributed by atoms with Crippen LogP contribution in [0, 0.1) is 18.2 Å². The van der Waals surface area contributed by atoms with Crippen molar-refractivity contribution in [1.29, 1.82) is 0 Å². The van der Waals surface area contributed by atoms with E-state index < -0.39 is 11.4 Å². The quantitative estimate of drug-likeness (QED) is 0.766. The molecule has 0 aliphatic heterocycles. The summed E-state index contributed by atoms with van der Waals surface area (Å²) in [5.41, 5.74) is 0.910. The van der Waals surface area contributed by atoms with E-state index in [0.717, 1.165) is 5.56 Å². The van der Waals surface area contributed by atoms with Crippen LogP contribution in [0.25, 0.3) is 0 Å². The summed E-state index contributed by atoms with van der Waals surface area (Å²) in [6.45, 7) is 6.39. The number of halogens is 1. The van der Waals surface area contributed by atoms with E-state index in [1.165, 1.54) is 6.07 Å². The SMILES string of the molecule is Cc1cc(CNCCC(C)(C)C(=O)O)ccc1F. The Morgan fingerprint density at radius 2 is 2.11 bits per heavy atom. The molecule has 0 bridgehead atoms. The first-order valence-electron chi connectivity index (χ1n) is 6.02. The van der Waals surface area contributed by atoms with Gasteiger partial charge in [-0.3, -0.25) is 4.79 Å². The zero-order chi connectivity index (χ0) is 13.8. The minimum Gasteiger partial charge on any atom is -0.481 e. The van der Waals surface area contributed by atoms with Gasteiger partial charge in [0.15, 0.2) is 0 Å². The molecule has 1 aromatic rings. The number of nitrogens with one attached hydrogen (secondary N) is 1. The lowest BCUT2D eigenvalue weighted by Crippen LogP contribution is -2.28. The van der Waals surface area contributed by atoms with Gasteiger partial charge < -0.3 is 10.4 Å². The lowest BCUT2D eigenvalue weighted by molar-refractivity contribution is -0.147. The fraction of sp³-hybridized carbons (Fsp3) is 0.500. The largest absolute Gasteiger partial charge is 0.481 e. The molecule has 3 nitrogen and oxygen atoms in total. The molecule has 0 heterocycles. The van der Waals surface area contributed by atoms with Crippen LogP contribution >= 0.6 is 0 Å². The Labute approximate surface area is 107 Å². The van der Waals surface area contributed by atoms with Crippen LogP contribution in [0.2, 0.25) is 0 Å². The Morgan fingerprint density at radius 1 is 1.44 bits per heavy atom. The van der Waals surface area contributed by atoms with E-state index in [1.54, 1.807) is 32.9 Å². The minimum atomic E-state index is -0.790. The maximum absolute atomic E-state index is 13.0. The molecule has 1 rings (SSSR count). The standard InChI is InChI=1S/C14H20FNO2/c1-10-8-11(4-5-12(10)15)9-16-7-6-14(2,3)13(17)18/h4-5,8,16H,6-7,9H2,1-3H3,(H,17,18). The van der Waals surface area contributed by atoms with Crippen molar-refractivity contribution in [3.8, 4) is 0 Å². The van der Waals surface area contributed by atoms with Gasteiger partial charge in [0.2, 0.25) is 0 Å². The third kappa shape index (κ3) is 4.11. The van der Waals surface area contributed by atoms with Crippen molar-refractivity contribution < 1.29 is 14.3 Å². The Kier molecular flexibility index (Phi) is 4.84. The van der Waals surface area contributed by atoms with Crippen LogP contribution in [0.5, 0.6) is 0 Å². The van der Waals surface area contributed by atoms with E-state index in [9.17, 15) is 9.18 Å². The molecule has 0 fully saturated rings. The molecule has 0 aliphatic carbocycles. The maximum Gasteiger partial charge on any atom is 0.309 e. The summed E-state index contributed by atoms with van der Waals surface area (Å²) >= 11 is 0. The molecule has 0 aliphatic rings. The summed E-state index contributed by atoms with van der Waals surface area (Å²) in [6, 6.07) is 4.98. The smallest absolute Gasteiger partial charge is 0.309 e. The van der Waals surface area contributed by atoms with Crippen molar-refractivity contribution >= 4 is 5.97 Å². The summed E-state index contributed by atoms with van der Waals surface area (Å²) in [5, 5.41) is 12.1. The van der Waals surface area contributed by atoms with Gasteiger partial charge in [-0.15, -0.1) is 0 Å². The van der Waals surface area contributed by atoms with Crippen LogP contribution in [0.4, 0.5) is 4.39 Å². The van der Waals surface area contributed by atoms with Crippen LogP contribution in [0.3, 0.4) is 0 Å². The van der Waals surface area contributed by atoms with Crippen LogP contribution in [0.15, 0.2) is 18.2 Å². The second-order valence-corrected chi connectivity index (χ2v) is 5.20. The maximum atomic E-state index is 13.0. The molecule has 0 radical (unpaired) electrons. The second-order valence-electron chi connectivity index (χ2n) is 5.20. The average molecular weight is 253 g/mol. The number of carbonyl (C=O) groups is 1. The summed E-state index contributed by atoms with van der Waals surface area (Å²) in [5.74, 6) is -0.993. The third-order valence-electron chi connectivity index (χ3n) is 3.06. The summed E-state index contributed by atoms with van der Waals surface area (Å²) < 4.78 is 13.0. The van der Waals surface area contributed by atoms with Crippen molar-refractivity contribution in [2.24, 2.45) is 5.41 Å². The predicted molar refractivity (Wildman–Crippen MR) is 68.9 cm³/mol. The number of benzene rings is 1. The highest BCUT2D eigenvalue weighted by atomic mass is 19.1. The van der Waals surface area contributed by atoms with Crippen molar-refractivity contribution in [3.05, 3.63) is 35.1 Å². The predicted octanol–water partition coefficient (Wildman–Crippen LogP) is 2.72. The van der Waals surface area contributed by atoms with Crippen LogP contribution in [-0.4, -0.2) is 17.6 Å². The zero-order valence-corrected chi connectivity index (χ0v) is 11.1. The van der Waals surface area contributed by atoms with Gasteiger partial charge in [-0.2, -0.15) is 0 Å². The van der Waals surface area contributed by atoms with Gasteiger partial charge in [0.1, 0.15) is 5.82 Å². The molecule has 18 heavy (non-hydrogen) atoms. The molecule has 2 N–H and O–H groups in total. The lowest BCUT2D eigenvalue weighted by Gasteiger charge is -2.19. The highest BCUT2D eigenvalue weighted by Crippen LogP contribution is 2.19. The first-order chi connectivity index (χ1) is 8.33. The Hall–Kier alpha value is -1.42. The van der Waals surface area contributed by atoms with E-state index in [0.29, 0.717) is 25.1 Å². The molecule has 0 aromatic heterocycles. The molecule has 0 saturated heterocycles. The highest BCUT2D eigenvalue weighted by molar-refractivity contribution is 5.73. The minimum absolute atomic E-state index is 0.203. The normalized spacial score (nSPS) is 11.6. The van der Waals surface area contributed by atoms with Crippen LogP contribution < -0.4 is 5.32 Å².